The summed E-state index contributed by atoms with van der Waals surface area (Å²) in [4.78, 5) is 10.4. The number of nitrogens with zero attached hydrogens (tertiary/aromatic N) is 1. The summed E-state index contributed by atoms with van der Waals surface area (Å²) in [5, 5.41) is 23.2. The van der Waals surface area contributed by atoms with Gasteiger partial charge in [-0.25, -0.2) is 0 Å². The van der Waals surface area contributed by atoms with Gasteiger partial charge in [-0.05, 0) is 25.8 Å². The fourth-order valence-electron chi connectivity index (χ4n) is 1.67. The Morgan fingerprint density at radius 3 is 2.89 bits per heavy atom. The van der Waals surface area contributed by atoms with E-state index in [1.54, 1.807) is 12.1 Å². The maximum absolute atomic E-state index is 10.9. The van der Waals surface area contributed by atoms with E-state index in [1.807, 2.05) is 6.92 Å². The molecule has 0 fully saturated rings. The van der Waals surface area contributed by atoms with Gasteiger partial charge in [0.25, 0.3) is 5.69 Å². The van der Waals surface area contributed by atoms with E-state index in [0.717, 1.165) is 6.42 Å². The smallest absolute Gasteiger partial charge is 0.275 e. The Morgan fingerprint density at radius 2 is 2.28 bits per heavy atom. The summed E-state index contributed by atoms with van der Waals surface area (Å²) in [5.74, 6) is 0. The molecule has 1 rings (SSSR count). The molecular weight excluding hydrogens is 256 g/mol. The van der Waals surface area contributed by atoms with E-state index in [1.165, 1.54) is 6.07 Å². The number of aliphatic hydroxyl groups is 1. The zero-order valence-electron chi connectivity index (χ0n) is 10.2. The van der Waals surface area contributed by atoms with Gasteiger partial charge in [0.2, 0.25) is 0 Å². The molecule has 1 aromatic carbocycles. The number of halogens is 1. The van der Waals surface area contributed by atoms with Crippen molar-refractivity contribution in [3.05, 3.63) is 38.9 Å². The molecule has 0 amide bonds. The van der Waals surface area contributed by atoms with Crippen LogP contribution in [0.4, 0.5) is 5.69 Å². The second-order valence-corrected chi connectivity index (χ2v) is 4.55. The summed E-state index contributed by atoms with van der Waals surface area (Å²) in [6, 6.07) is 4.83. The molecule has 6 heteroatoms. The van der Waals surface area contributed by atoms with Crippen molar-refractivity contribution in [1.82, 2.24) is 5.32 Å². The molecule has 0 heterocycles. The van der Waals surface area contributed by atoms with E-state index in [9.17, 15) is 10.1 Å². The molecule has 1 aromatic rings. The SMILES string of the molecule is CC(CCCO)NCc1c(Cl)cccc1[N+](=O)[O-]. The highest BCUT2D eigenvalue weighted by Crippen LogP contribution is 2.26. The van der Waals surface area contributed by atoms with Gasteiger partial charge in [-0.3, -0.25) is 10.1 Å². The third kappa shape index (κ3) is 4.25. The van der Waals surface area contributed by atoms with Crippen LogP contribution in [0, 0.1) is 10.1 Å². The molecule has 0 aromatic heterocycles. The molecule has 5 nitrogen and oxygen atoms in total. The number of nitro benzene ring substituents is 1. The second kappa shape index (κ2) is 7.31. The molecule has 0 saturated heterocycles. The number of hydrogen-bond acceptors (Lipinski definition) is 4. The molecule has 0 spiro atoms. The lowest BCUT2D eigenvalue weighted by Crippen LogP contribution is -2.26. The highest BCUT2D eigenvalue weighted by molar-refractivity contribution is 6.31. The summed E-state index contributed by atoms with van der Waals surface area (Å²) in [6.45, 7) is 2.47. The van der Waals surface area contributed by atoms with E-state index in [-0.39, 0.29) is 18.3 Å². The molecule has 1 unspecified atom stereocenters. The third-order valence-electron chi connectivity index (χ3n) is 2.71. The van der Waals surface area contributed by atoms with Gasteiger partial charge < -0.3 is 10.4 Å². The molecule has 18 heavy (non-hydrogen) atoms. The molecule has 0 bridgehead atoms. The van der Waals surface area contributed by atoms with Crippen molar-refractivity contribution in [2.75, 3.05) is 6.61 Å². The first-order chi connectivity index (χ1) is 8.56. The van der Waals surface area contributed by atoms with Crippen LogP contribution in [-0.4, -0.2) is 22.7 Å². The lowest BCUT2D eigenvalue weighted by Gasteiger charge is -2.13. The molecule has 0 aliphatic rings. The Labute approximate surface area is 111 Å². The van der Waals surface area contributed by atoms with Gasteiger partial charge in [0.05, 0.1) is 15.5 Å². The van der Waals surface area contributed by atoms with Crippen molar-refractivity contribution in [2.24, 2.45) is 0 Å². The van der Waals surface area contributed by atoms with Gasteiger partial charge in [0, 0.05) is 25.3 Å². The Bertz CT molecular complexity index is 412. The number of benzene rings is 1. The van der Waals surface area contributed by atoms with Gasteiger partial charge in [-0.2, -0.15) is 0 Å². The van der Waals surface area contributed by atoms with Crippen molar-refractivity contribution in [3.63, 3.8) is 0 Å². The predicted molar refractivity (Wildman–Crippen MR) is 70.7 cm³/mol. The van der Waals surface area contributed by atoms with Gasteiger partial charge in [0.1, 0.15) is 0 Å². The Morgan fingerprint density at radius 1 is 1.56 bits per heavy atom. The minimum atomic E-state index is -0.429. The zero-order chi connectivity index (χ0) is 13.5. The molecule has 2 N–H and O–H groups in total. The topological polar surface area (TPSA) is 75.4 Å². The fourth-order valence-corrected chi connectivity index (χ4v) is 1.91. The van der Waals surface area contributed by atoms with E-state index in [2.05, 4.69) is 5.32 Å². The second-order valence-electron chi connectivity index (χ2n) is 4.14. The van der Waals surface area contributed by atoms with Crippen LogP contribution < -0.4 is 5.32 Å². The van der Waals surface area contributed by atoms with Crippen LogP contribution in [0.5, 0.6) is 0 Å². The number of rotatable bonds is 7. The standard InChI is InChI=1S/C12H17ClN2O3/c1-9(4-3-7-16)14-8-10-11(13)5-2-6-12(10)15(17)18/h2,5-6,9,14,16H,3-4,7-8H2,1H3. The summed E-state index contributed by atoms with van der Waals surface area (Å²) in [5.41, 5.74) is 0.532. The predicted octanol–water partition coefficient (Wildman–Crippen LogP) is 2.50. The highest BCUT2D eigenvalue weighted by atomic mass is 35.5. The minimum absolute atomic E-state index is 0.0318. The average molecular weight is 273 g/mol. The monoisotopic (exact) mass is 272 g/mol. The van der Waals surface area contributed by atoms with Crippen LogP contribution in [0.2, 0.25) is 5.02 Å². The van der Waals surface area contributed by atoms with E-state index in [4.69, 9.17) is 16.7 Å². The third-order valence-corrected chi connectivity index (χ3v) is 3.07. The Balaban J connectivity index is 2.69. The van der Waals surface area contributed by atoms with Gasteiger partial charge in [0.15, 0.2) is 0 Å². The van der Waals surface area contributed by atoms with E-state index < -0.39 is 4.92 Å². The highest BCUT2D eigenvalue weighted by Gasteiger charge is 2.16. The summed E-state index contributed by atoms with van der Waals surface area (Å²) in [7, 11) is 0. The Hall–Kier alpha value is -1.17. The van der Waals surface area contributed by atoms with Crippen molar-refractivity contribution in [1.29, 1.82) is 0 Å². The minimum Gasteiger partial charge on any atom is -0.396 e. The average Bonchev–Trinajstić information content (AvgIpc) is 2.34. The summed E-state index contributed by atoms with van der Waals surface area (Å²) < 4.78 is 0. The van der Waals surface area contributed by atoms with E-state index in [0.29, 0.717) is 23.6 Å². The molecular formula is C12H17ClN2O3. The quantitative estimate of drug-likeness (QED) is 0.591. The number of nitro groups is 1. The van der Waals surface area contributed by atoms with Crippen LogP contribution in [0.15, 0.2) is 18.2 Å². The van der Waals surface area contributed by atoms with Gasteiger partial charge in [-0.1, -0.05) is 17.7 Å². The molecule has 1 atom stereocenters. The van der Waals surface area contributed by atoms with Crippen molar-refractivity contribution >= 4 is 17.3 Å². The van der Waals surface area contributed by atoms with Crippen LogP contribution in [0.3, 0.4) is 0 Å². The van der Waals surface area contributed by atoms with E-state index >= 15 is 0 Å². The lowest BCUT2D eigenvalue weighted by molar-refractivity contribution is -0.385. The van der Waals surface area contributed by atoms with Crippen molar-refractivity contribution in [3.8, 4) is 0 Å². The van der Waals surface area contributed by atoms with Crippen LogP contribution in [-0.2, 0) is 6.54 Å². The van der Waals surface area contributed by atoms with Crippen molar-refractivity contribution in [2.45, 2.75) is 32.4 Å². The van der Waals surface area contributed by atoms with Gasteiger partial charge >= 0.3 is 0 Å². The maximum atomic E-state index is 10.9. The fraction of sp³-hybridized carbons (Fsp3) is 0.500. The van der Waals surface area contributed by atoms with Crippen molar-refractivity contribution < 1.29 is 10.0 Å². The van der Waals surface area contributed by atoms with Crippen LogP contribution >= 0.6 is 11.6 Å². The summed E-state index contributed by atoms with van der Waals surface area (Å²) >= 11 is 5.98. The van der Waals surface area contributed by atoms with Crippen LogP contribution in [0.25, 0.3) is 0 Å². The Kier molecular flexibility index (Phi) is 6.04. The number of hydrogen-bond donors (Lipinski definition) is 2. The number of nitrogens with one attached hydrogen (secondary N) is 1. The molecule has 0 radical (unpaired) electrons. The molecule has 0 aliphatic heterocycles. The first-order valence-corrected chi connectivity index (χ1v) is 6.20. The molecule has 0 saturated carbocycles. The molecule has 0 aliphatic carbocycles. The normalized spacial score (nSPS) is 12.4. The largest absolute Gasteiger partial charge is 0.396 e. The first kappa shape index (κ1) is 14.9. The van der Waals surface area contributed by atoms with Gasteiger partial charge in [-0.15, -0.1) is 0 Å². The maximum Gasteiger partial charge on any atom is 0.275 e. The lowest BCUT2D eigenvalue weighted by atomic mass is 10.1. The first-order valence-electron chi connectivity index (χ1n) is 5.82. The molecule has 100 valence electrons. The summed E-state index contributed by atoms with van der Waals surface area (Å²) in [6.07, 6.45) is 1.52. The zero-order valence-corrected chi connectivity index (χ0v) is 11.0. The van der Waals surface area contributed by atoms with Crippen LogP contribution in [0.1, 0.15) is 25.3 Å². The number of aliphatic hydroxyl groups excluding tert-OH is 1.